The van der Waals surface area contributed by atoms with Crippen LogP contribution in [0.3, 0.4) is 0 Å². The molecule has 4 heteroatoms. The number of methoxy groups -OCH3 is 1. The summed E-state index contributed by atoms with van der Waals surface area (Å²) in [6, 6.07) is 6.54. The molecule has 2 rings (SSSR count). The lowest BCUT2D eigenvalue weighted by molar-refractivity contribution is 0.270. The molecule has 0 amide bonds. The molecule has 19 heavy (non-hydrogen) atoms. The lowest BCUT2D eigenvalue weighted by Crippen LogP contribution is -2.38. The van der Waals surface area contributed by atoms with Gasteiger partial charge in [0.25, 0.3) is 0 Å². The van der Waals surface area contributed by atoms with Crippen LogP contribution in [0.15, 0.2) is 18.2 Å². The normalized spacial score (nSPS) is 19.6. The van der Waals surface area contributed by atoms with Gasteiger partial charge in [0.05, 0.1) is 18.5 Å². The highest BCUT2D eigenvalue weighted by Gasteiger charge is 2.24. The molecule has 106 valence electrons. The molecule has 1 saturated heterocycles. The van der Waals surface area contributed by atoms with E-state index in [0.717, 1.165) is 30.2 Å². The van der Waals surface area contributed by atoms with Crippen molar-refractivity contribution in [2.24, 2.45) is 0 Å². The van der Waals surface area contributed by atoms with E-state index in [1.807, 2.05) is 18.2 Å². The maximum atomic E-state index is 6.10. The number of nitrogen functional groups attached to an aromatic ring is 1. The van der Waals surface area contributed by atoms with Crippen molar-refractivity contribution in [3.05, 3.63) is 18.2 Å². The number of hydrogen-bond acceptors (Lipinski definition) is 4. The van der Waals surface area contributed by atoms with Crippen LogP contribution in [0.2, 0.25) is 0 Å². The zero-order valence-electron chi connectivity index (χ0n) is 12.2. The highest BCUT2D eigenvalue weighted by Crippen LogP contribution is 2.28. The van der Waals surface area contributed by atoms with Gasteiger partial charge in [-0.05, 0) is 38.1 Å². The van der Waals surface area contributed by atoms with E-state index >= 15 is 0 Å². The molecule has 1 fully saturated rings. The van der Waals surface area contributed by atoms with Gasteiger partial charge in [0.15, 0.2) is 0 Å². The van der Waals surface area contributed by atoms with Crippen LogP contribution in [0.5, 0.6) is 5.75 Å². The van der Waals surface area contributed by atoms with Gasteiger partial charge in [-0.3, -0.25) is 4.90 Å². The Bertz CT molecular complexity index is 422. The Morgan fingerprint density at radius 3 is 2.89 bits per heavy atom. The van der Waals surface area contributed by atoms with Crippen molar-refractivity contribution in [1.29, 1.82) is 0 Å². The summed E-state index contributed by atoms with van der Waals surface area (Å²) in [6.45, 7) is 5.63. The maximum absolute atomic E-state index is 6.10. The van der Waals surface area contributed by atoms with Crippen LogP contribution in [-0.4, -0.2) is 44.7 Å². The van der Waals surface area contributed by atoms with E-state index in [-0.39, 0.29) is 0 Å². The average Bonchev–Trinajstić information content (AvgIpc) is 2.85. The highest BCUT2D eigenvalue weighted by molar-refractivity contribution is 5.69. The summed E-state index contributed by atoms with van der Waals surface area (Å²) in [4.78, 5) is 4.81. The van der Waals surface area contributed by atoms with Gasteiger partial charge in [0, 0.05) is 25.7 Å². The van der Waals surface area contributed by atoms with Gasteiger partial charge in [-0.2, -0.15) is 0 Å². The monoisotopic (exact) mass is 263 g/mol. The Hall–Kier alpha value is -1.42. The molecule has 1 heterocycles. The first-order valence-electron chi connectivity index (χ1n) is 7.04. The topological polar surface area (TPSA) is 41.7 Å². The minimum absolute atomic E-state index is 0.650. The summed E-state index contributed by atoms with van der Waals surface area (Å²) in [6.07, 6.45) is 2.60. The van der Waals surface area contributed by atoms with Crippen LogP contribution in [0.1, 0.15) is 19.8 Å². The van der Waals surface area contributed by atoms with Crippen LogP contribution in [0.25, 0.3) is 0 Å². The highest BCUT2D eigenvalue weighted by atomic mass is 16.5. The number of nitrogens with two attached hydrogens (primary N) is 1. The summed E-state index contributed by atoms with van der Waals surface area (Å²) >= 11 is 0. The van der Waals surface area contributed by atoms with Crippen molar-refractivity contribution in [2.75, 3.05) is 44.4 Å². The summed E-state index contributed by atoms with van der Waals surface area (Å²) in [5.41, 5.74) is 7.97. The van der Waals surface area contributed by atoms with Gasteiger partial charge in [-0.15, -0.1) is 0 Å². The molecule has 0 aromatic heterocycles. The van der Waals surface area contributed by atoms with Crippen LogP contribution >= 0.6 is 0 Å². The molecule has 1 aliphatic heterocycles. The number of anilines is 2. The van der Waals surface area contributed by atoms with Gasteiger partial charge in [-0.25, -0.2) is 0 Å². The molecule has 1 aliphatic rings. The third-order valence-corrected chi connectivity index (χ3v) is 4.04. The third-order valence-electron chi connectivity index (χ3n) is 4.04. The molecular formula is C15H25N3O. The summed E-state index contributed by atoms with van der Waals surface area (Å²) in [5, 5.41) is 0. The largest absolute Gasteiger partial charge is 0.497 e. The Labute approximate surface area is 116 Å². The SMILES string of the molecule is CCN1CCCC1CN(C)c1ccc(OC)cc1N. The second kappa shape index (κ2) is 6.15. The molecule has 1 atom stereocenters. The standard InChI is InChI=1S/C15H25N3O/c1-4-18-9-5-6-12(18)11-17(2)15-8-7-13(19-3)10-14(15)16/h7-8,10,12H,4-6,9,11,16H2,1-3H3. The van der Waals surface area contributed by atoms with Gasteiger partial charge in [-0.1, -0.05) is 6.92 Å². The van der Waals surface area contributed by atoms with Crippen molar-refractivity contribution < 1.29 is 4.74 Å². The van der Waals surface area contributed by atoms with Crippen molar-refractivity contribution in [3.63, 3.8) is 0 Å². The Kier molecular flexibility index (Phi) is 4.53. The average molecular weight is 263 g/mol. The summed E-state index contributed by atoms with van der Waals surface area (Å²) in [7, 11) is 3.78. The molecule has 0 bridgehead atoms. The molecule has 1 aromatic carbocycles. The number of benzene rings is 1. The smallest absolute Gasteiger partial charge is 0.121 e. The van der Waals surface area contributed by atoms with Crippen LogP contribution < -0.4 is 15.4 Å². The Balaban J connectivity index is 2.05. The zero-order valence-corrected chi connectivity index (χ0v) is 12.2. The third kappa shape index (κ3) is 3.13. The van der Waals surface area contributed by atoms with E-state index in [0.29, 0.717) is 6.04 Å². The zero-order chi connectivity index (χ0) is 13.8. The van der Waals surface area contributed by atoms with Gasteiger partial charge < -0.3 is 15.4 Å². The van der Waals surface area contributed by atoms with Crippen molar-refractivity contribution in [2.45, 2.75) is 25.8 Å². The van der Waals surface area contributed by atoms with E-state index in [2.05, 4.69) is 23.8 Å². The van der Waals surface area contributed by atoms with E-state index < -0.39 is 0 Å². The Morgan fingerprint density at radius 1 is 1.47 bits per heavy atom. The summed E-state index contributed by atoms with van der Waals surface area (Å²) < 4.78 is 5.19. The van der Waals surface area contributed by atoms with Crippen LogP contribution in [0, 0.1) is 0 Å². The molecule has 0 aliphatic carbocycles. The van der Waals surface area contributed by atoms with Crippen molar-refractivity contribution >= 4 is 11.4 Å². The fourth-order valence-corrected chi connectivity index (χ4v) is 2.94. The van der Waals surface area contributed by atoms with Gasteiger partial charge in [0.1, 0.15) is 5.75 Å². The minimum atomic E-state index is 0.650. The van der Waals surface area contributed by atoms with Crippen molar-refractivity contribution in [3.8, 4) is 5.75 Å². The van der Waals surface area contributed by atoms with E-state index in [1.54, 1.807) is 7.11 Å². The second-order valence-electron chi connectivity index (χ2n) is 5.23. The van der Waals surface area contributed by atoms with Crippen LogP contribution in [0.4, 0.5) is 11.4 Å². The number of likely N-dealkylation sites (N-methyl/N-ethyl adjacent to an activating group) is 2. The molecule has 0 radical (unpaired) electrons. The molecule has 4 nitrogen and oxygen atoms in total. The fourth-order valence-electron chi connectivity index (χ4n) is 2.94. The lowest BCUT2D eigenvalue weighted by Gasteiger charge is -2.29. The number of ether oxygens (including phenoxy) is 1. The quantitative estimate of drug-likeness (QED) is 0.827. The second-order valence-corrected chi connectivity index (χ2v) is 5.23. The van der Waals surface area contributed by atoms with Gasteiger partial charge >= 0.3 is 0 Å². The van der Waals surface area contributed by atoms with Gasteiger partial charge in [0.2, 0.25) is 0 Å². The molecule has 0 spiro atoms. The van der Waals surface area contributed by atoms with E-state index in [1.165, 1.54) is 19.4 Å². The molecule has 2 N–H and O–H groups in total. The predicted octanol–water partition coefficient (Wildman–Crippen LogP) is 2.20. The minimum Gasteiger partial charge on any atom is -0.497 e. The first kappa shape index (κ1) is 14.0. The van der Waals surface area contributed by atoms with Crippen molar-refractivity contribution in [1.82, 2.24) is 4.90 Å². The fraction of sp³-hybridized carbons (Fsp3) is 0.600. The Morgan fingerprint density at radius 2 is 2.26 bits per heavy atom. The van der Waals surface area contributed by atoms with E-state index in [9.17, 15) is 0 Å². The number of rotatable bonds is 5. The number of nitrogens with zero attached hydrogens (tertiary/aromatic N) is 2. The molecule has 1 aromatic rings. The first-order valence-corrected chi connectivity index (χ1v) is 7.04. The molecule has 0 saturated carbocycles. The van der Waals surface area contributed by atoms with E-state index in [4.69, 9.17) is 10.5 Å². The molecular weight excluding hydrogens is 238 g/mol. The molecule has 1 unspecified atom stereocenters. The number of hydrogen-bond donors (Lipinski definition) is 1. The summed E-state index contributed by atoms with van der Waals surface area (Å²) in [5.74, 6) is 0.811. The lowest BCUT2D eigenvalue weighted by atomic mass is 10.2. The first-order chi connectivity index (χ1) is 9.15. The maximum Gasteiger partial charge on any atom is 0.121 e. The number of likely N-dealkylation sites (tertiary alicyclic amines) is 1. The van der Waals surface area contributed by atoms with Crippen LogP contribution in [-0.2, 0) is 0 Å². The predicted molar refractivity (Wildman–Crippen MR) is 80.9 cm³/mol.